The number of anilines is 1. The molecule has 8 heteroatoms. The summed E-state index contributed by atoms with van der Waals surface area (Å²) in [6.07, 6.45) is 8.08. The lowest BCUT2D eigenvalue weighted by atomic mass is 10.2. The molecular formula is C24H28N4O3S. The van der Waals surface area contributed by atoms with Gasteiger partial charge in [0.2, 0.25) is 15.9 Å². The normalized spacial score (nSPS) is 11.6. The number of fused-ring (bicyclic) bond motifs is 1. The van der Waals surface area contributed by atoms with Gasteiger partial charge in [-0.1, -0.05) is 25.3 Å². The van der Waals surface area contributed by atoms with Crippen LogP contribution in [0.3, 0.4) is 0 Å². The van der Waals surface area contributed by atoms with Gasteiger partial charge in [-0.3, -0.25) is 4.79 Å². The van der Waals surface area contributed by atoms with Crippen LogP contribution >= 0.6 is 0 Å². The van der Waals surface area contributed by atoms with E-state index < -0.39 is 10.0 Å². The Hall–Kier alpha value is -3.15. The molecule has 0 atom stereocenters. The van der Waals surface area contributed by atoms with Crippen LogP contribution in [0.2, 0.25) is 0 Å². The number of imidazole rings is 1. The Balaban J connectivity index is 1.84. The van der Waals surface area contributed by atoms with Gasteiger partial charge in [0.25, 0.3) is 0 Å². The Morgan fingerprint density at radius 3 is 2.69 bits per heavy atom. The molecular weight excluding hydrogens is 424 g/mol. The van der Waals surface area contributed by atoms with Crippen molar-refractivity contribution >= 4 is 32.7 Å². The molecule has 0 spiro atoms. The van der Waals surface area contributed by atoms with Crippen molar-refractivity contribution in [2.45, 2.75) is 44.0 Å². The second kappa shape index (κ2) is 9.98. The number of sulfonamides is 1. The van der Waals surface area contributed by atoms with Crippen molar-refractivity contribution in [3.8, 4) is 12.3 Å². The van der Waals surface area contributed by atoms with Crippen LogP contribution in [0.4, 0.5) is 5.69 Å². The average molecular weight is 453 g/mol. The predicted octanol–water partition coefficient (Wildman–Crippen LogP) is 3.64. The number of hydrogen-bond acceptors (Lipinski definition) is 4. The van der Waals surface area contributed by atoms with Gasteiger partial charge in [0.05, 0.1) is 15.9 Å². The Labute approximate surface area is 189 Å². The van der Waals surface area contributed by atoms with Crippen molar-refractivity contribution in [2.75, 3.05) is 19.4 Å². The molecule has 0 saturated carbocycles. The molecule has 0 aliphatic heterocycles. The van der Waals surface area contributed by atoms with Crippen molar-refractivity contribution in [1.82, 2.24) is 13.9 Å². The minimum Gasteiger partial charge on any atom is -0.328 e. The molecule has 3 aromatic rings. The topological polar surface area (TPSA) is 84.3 Å². The summed E-state index contributed by atoms with van der Waals surface area (Å²) in [7, 11) is -0.544. The van der Waals surface area contributed by atoms with Crippen LogP contribution < -0.4 is 5.32 Å². The Kier molecular flexibility index (Phi) is 7.33. The number of benzene rings is 2. The number of amides is 1. The lowest BCUT2D eigenvalue weighted by Gasteiger charge is -2.11. The van der Waals surface area contributed by atoms with E-state index in [0.717, 1.165) is 30.7 Å². The summed E-state index contributed by atoms with van der Waals surface area (Å²) >= 11 is 0. The molecule has 1 N–H and O–H groups in total. The molecule has 1 heterocycles. The fourth-order valence-electron chi connectivity index (χ4n) is 3.42. The average Bonchev–Trinajstić information content (AvgIpc) is 3.12. The van der Waals surface area contributed by atoms with E-state index in [0.29, 0.717) is 23.2 Å². The Morgan fingerprint density at radius 1 is 1.22 bits per heavy atom. The van der Waals surface area contributed by atoms with Crippen molar-refractivity contribution in [1.29, 1.82) is 0 Å². The number of carbonyl (C=O) groups excluding carboxylic acids is 1. The molecule has 0 aliphatic rings. The van der Waals surface area contributed by atoms with E-state index in [1.165, 1.54) is 18.4 Å². The molecule has 1 aromatic heterocycles. The minimum atomic E-state index is -3.55. The highest BCUT2D eigenvalue weighted by atomic mass is 32.2. The van der Waals surface area contributed by atoms with Crippen molar-refractivity contribution in [3.05, 3.63) is 53.9 Å². The van der Waals surface area contributed by atoms with E-state index in [1.807, 2.05) is 0 Å². The van der Waals surface area contributed by atoms with E-state index in [-0.39, 0.29) is 17.2 Å². The molecule has 0 bridgehead atoms. The molecule has 0 radical (unpaired) electrons. The number of aromatic nitrogens is 2. The first kappa shape index (κ1) is 23.5. The van der Waals surface area contributed by atoms with E-state index in [1.54, 1.807) is 42.5 Å². The molecule has 7 nitrogen and oxygen atoms in total. The summed E-state index contributed by atoms with van der Waals surface area (Å²) in [6, 6.07) is 12.1. The summed E-state index contributed by atoms with van der Waals surface area (Å²) in [5, 5.41) is 2.87. The number of terminal acetylenes is 1. The van der Waals surface area contributed by atoms with E-state index >= 15 is 0 Å². The van der Waals surface area contributed by atoms with Crippen LogP contribution in [0.5, 0.6) is 0 Å². The van der Waals surface area contributed by atoms with Gasteiger partial charge in [0, 0.05) is 44.7 Å². The maximum absolute atomic E-state index is 12.5. The van der Waals surface area contributed by atoms with Crippen molar-refractivity contribution in [3.63, 3.8) is 0 Å². The second-order valence-corrected chi connectivity index (χ2v) is 9.90. The van der Waals surface area contributed by atoms with Crippen LogP contribution in [-0.2, 0) is 27.8 Å². The second-order valence-electron chi connectivity index (χ2n) is 7.74. The number of aryl methyl sites for hydroxylation is 2. The third-order valence-electron chi connectivity index (χ3n) is 5.20. The highest BCUT2D eigenvalue weighted by Crippen LogP contribution is 2.23. The molecule has 0 fully saturated rings. The lowest BCUT2D eigenvalue weighted by molar-refractivity contribution is -0.116. The fraction of sp³-hybridized carbons (Fsp3) is 0.333. The summed E-state index contributed by atoms with van der Waals surface area (Å²) in [5.41, 5.74) is 2.84. The number of hydrogen-bond donors (Lipinski definition) is 1. The number of unbranched alkanes of at least 4 members (excludes halogenated alkanes) is 1. The van der Waals surface area contributed by atoms with Gasteiger partial charge < -0.3 is 9.88 Å². The SMILES string of the molecule is C#Cc1cccc(NC(=O)CCc2nc3cc(S(=O)(=O)N(C)C)ccc3n2CCCC)c1. The predicted molar refractivity (Wildman–Crippen MR) is 127 cm³/mol. The van der Waals surface area contributed by atoms with E-state index in [2.05, 4.69) is 27.7 Å². The van der Waals surface area contributed by atoms with Gasteiger partial charge >= 0.3 is 0 Å². The Bertz CT molecular complexity index is 1270. The molecule has 0 saturated heterocycles. The molecule has 32 heavy (non-hydrogen) atoms. The maximum Gasteiger partial charge on any atom is 0.242 e. The first-order valence-electron chi connectivity index (χ1n) is 10.5. The van der Waals surface area contributed by atoms with E-state index in [4.69, 9.17) is 6.42 Å². The molecule has 0 unspecified atom stereocenters. The number of nitrogens with zero attached hydrogens (tertiary/aromatic N) is 3. The van der Waals surface area contributed by atoms with Gasteiger partial charge in [-0.25, -0.2) is 17.7 Å². The highest BCUT2D eigenvalue weighted by molar-refractivity contribution is 7.89. The summed E-state index contributed by atoms with van der Waals surface area (Å²) in [5.74, 6) is 3.18. The monoisotopic (exact) mass is 452 g/mol. The fourth-order valence-corrected chi connectivity index (χ4v) is 4.35. The first-order valence-corrected chi connectivity index (χ1v) is 12.0. The lowest BCUT2D eigenvalue weighted by Crippen LogP contribution is -2.22. The van der Waals surface area contributed by atoms with Crippen molar-refractivity contribution in [2.24, 2.45) is 0 Å². The van der Waals surface area contributed by atoms with Gasteiger partial charge in [-0.2, -0.15) is 0 Å². The third-order valence-corrected chi connectivity index (χ3v) is 7.01. The van der Waals surface area contributed by atoms with Gasteiger partial charge in [0.15, 0.2) is 0 Å². The maximum atomic E-state index is 12.5. The zero-order chi connectivity index (χ0) is 23.3. The number of carbonyl (C=O) groups is 1. The minimum absolute atomic E-state index is 0.135. The molecule has 1 amide bonds. The largest absolute Gasteiger partial charge is 0.328 e. The zero-order valence-corrected chi connectivity index (χ0v) is 19.4. The number of nitrogens with one attached hydrogen (secondary N) is 1. The van der Waals surface area contributed by atoms with Crippen LogP contribution in [0.1, 0.15) is 37.6 Å². The number of rotatable bonds is 9. The highest BCUT2D eigenvalue weighted by Gasteiger charge is 2.20. The van der Waals surface area contributed by atoms with Crippen LogP contribution in [0, 0.1) is 12.3 Å². The summed E-state index contributed by atoms with van der Waals surface area (Å²) in [6.45, 7) is 2.87. The standard InChI is InChI=1S/C24H28N4O3S/c1-5-7-15-28-22-12-11-20(32(30,31)27(3)4)17-21(22)26-23(28)13-14-24(29)25-19-10-8-9-18(6-2)16-19/h2,8-12,16-17H,5,7,13-15H2,1,3-4H3,(H,25,29). The van der Waals surface area contributed by atoms with Crippen molar-refractivity contribution < 1.29 is 13.2 Å². The summed E-state index contributed by atoms with van der Waals surface area (Å²) in [4.78, 5) is 17.4. The quantitative estimate of drug-likeness (QED) is 0.503. The molecule has 0 aliphatic carbocycles. The Morgan fingerprint density at radius 2 is 2.00 bits per heavy atom. The summed E-state index contributed by atoms with van der Waals surface area (Å²) < 4.78 is 28.3. The van der Waals surface area contributed by atoms with Crippen LogP contribution in [0.25, 0.3) is 11.0 Å². The first-order chi connectivity index (χ1) is 15.3. The van der Waals surface area contributed by atoms with Crippen LogP contribution in [0.15, 0.2) is 47.4 Å². The van der Waals surface area contributed by atoms with Gasteiger partial charge in [-0.05, 0) is 42.8 Å². The van der Waals surface area contributed by atoms with Crippen LogP contribution in [-0.4, -0.2) is 42.3 Å². The smallest absolute Gasteiger partial charge is 0.242 e. The zero-order valence-electron chi connectivity index (χ0n) is 18.6. The molecule has 2 aromatic carbocycles. The van der Waals surface area contributed by atoms with Gasteiger partial charge in [-0.15, -0.1) is 6.42 Å². The van der Waals surface area contributed by atoms with E-state index in [9.17, 15) is 13.2 Å². The molecule has 168 valence electrons. The third kappa shape index (κ3) is 5.18. The molecule has 3 rings (SSSR count). The van der Waals surface area contributed by atoms with Gasteiger partial charge in [0.1, 0.15) is 5.82 Å².